The van der Waals surface area contributed by atoms with Crippen LogP contribution in [0.1, 0.15) is 12.5 Å². The number of nitriles is 1. The smallest absolute Gasteiger partial charge is 0.308 e. The predicted molar refractivity (Wildman–Crippen MR) is 108 cm³/mol. The zero-order chi connectivity index (χ0) is 20.0. The summed E-state index contributed by atoms with van der Waals surface area (Å²) in [5.41, 5.74) is 0.973. The molecule has 2 aromatic carbocycles. The molecule has 0 saturated heterocycles. The summed E-state index contributed by atoms with van der Waals surface area (Å²) in [5, 5.41) is 12.0. The number of benzene rings is 2. The fraction of sp³-hybridized carbons (Fsp3) is 0.105. The third-order valence-corrected chi connectivity index (χ3v) is 4.58. The lowest BCUT2D eigenvalue weighted by molar-refractivity contribution is -0.132. The van der Waals surface area contributed by atoms with Crippen molar-refractivity contribution < 1.29 is 19.1 Å². The second kappa shape index (κ2) is 9.35. The Bertz CT molecular complexity index is 965. The number of carbonyl (C=O) groups excluding carboxylic acids is 2. The van der Waals surface area contributed by atoms with Gasteiger partial charge in [-0.15, -0.1) is 0 Å². The van der Waals surface area contributed by atoms with Crippen molar-refractivity contribution in [2.24, 2.45) is 0 Å². The minimum Gasteiger partial charge on any atom is -0.493 e. The van der Waals surface area contributed by atoms with E-state index < -0.39 is 11.9 Å². The second-order valence-electron chi connectivity index (χ2n) is 5.23. The predicted octanol–water partition coefficient (Wildman–Crippen LogP) is 4.69. The zero-order valence-electron chi connectivity index (χ0n) is 14.4. The molecule has 138 valence electrons. The highest BCUT2D eigenvalue weighted by Crippen LogP contribution is 2.37. The zero-order valence-corrected chi connectivity index (χ0v) is 17.5. The van der Waals surface area contributed by atoms with Crippen LogP contribution >= 0.6 is 31.9 Å². The molecule has 0 unspecified atom stereocenters. The maximum atomic E-state index is 12.4. The largest absolute Gasteiger partial charge is 0.493 e. The molecule has 6 nitrogen and oxygen atoms in total. The molecule has 0 aliphatic carbocycles. The fourth-order valence-corrected chi connectivity index (χ4v) is 3.06. The van der Waals surface area contributed by atoms with Gasteiger partial charge in [0.15, 0.2) is 11.5 Å². The Hall–Kier alpha value is -2.63. The first-order valence-corrected chi connectivity index (χ1v) is 9.18. The van der Waals surface area contributed by atoms with Gasteiger partial charge in [-0.25, -0.2) is 0 Å². The lowest BCUT2D eigenvalue weighted by Gasteiger charge is -2.11. The highest BCUT2D eigenvalue weighted by molar-refractivity contribution is 9.11. The minimum absolute atomic E-state index is 0.0973. The minimum atomic E-state index is -0.552. The van der Waals surface area contributed by atoms with Gasteiger partial charge in [-0.1, -0.05) is 12.1 Å². The molecule has 0 aliphatic heterocycles. The molecule has 2 rings (SSSR count). The van der Waals surface area contributed by atoms with Crippen LogP contribution in [-0.2, 0) is 9.59 Å². The van der Waals surface area contributed by atoms with Gasteiger partial charge in [-0.05, 0) is 67.8 Å². The Kier molecular flexibility index (Phi) is 7.16. The van der Waals surface area contributed by atoms with Crippen molar-refractivity contribution in [1.29, 1.82) is 5.26 Å². The van der Waals surface area contributed by atoms with E-state index in [0.29, 0.717) is 20.2 Å². The number of nitrogens with one attached hydrogen (secondary N) is 1. The van der Waals surface area contributed by atoms with E-state index in [-0.39, 0.29) is 17.1 Å². The summed E-state index contributed by atoms with van der Waals surface area (Å²) >= 11 is 6.64. The molecule has 0 atom stereocenters. The third kappa shape index (κ3) is 5.42. The average molecular weight is 494 g/mol. The van der Waals surface area contributed by atoms with Crippen molar-refractivity contribution in [2.45, 2.75) is 6.92 Å². The molecule has 0 fully saturated rings. The van der Waals surface area contributed by atoms with Crippen molar-refractivity contribution in [1.82, 2.24) is 0 Å². The summed E-state index contributed by atoms with van der Waals surface area (Å²) in [6.45, 7) is 1.28. The van der Waals surface area contributed by atoms with Gasteiger partial charge in [0.25, 0.3) is 5.91 Å². The van der Waals surface area contributed by atoms with Crippen molar-refractivity contribution in [2.75, 3.05) is 12.4 Å². The Morgan fingerprint density at radius 3 is 2.48 bits per heavy atom. The quantitative estimate of drug-likeness (QED) is 0.282. The van der Waals surface area contributed by atoms with Crippen molar-refractivity contribution in [3.8, 4) is 17.6 Å². The molecule has 0 saturated carbocycles. The van der Waals surface area contributed by atoms with E-state index in [1.165, 1.54) is 20.1 Å². The number of hydrogen-bond acceptors (Lipinski definition) is 5. The number of ether oxygens (including phenoxy) is 2. The van der Waals surface area contributed by atoms with E-state index in [4.69, 9.17) is 9.47 Å². The van der Waals surface area contributed by atoms with Crippen LogP contribution in [0.5, 0.6) is 11.5 Å². The highest BCUT2D eigenvalue weighted by atomic mass is 79.9. The van der Waals surface area contributed by atoms with Gasteiger partial charge >= 0.3 is 5.97 Å². The van der Waals surface area contributed by atoms with Crippen LogP contribution < -0.4 is 14.8 Å². The second-order valence-corrected chi connectivity index (χ2v) is 6.94. The summed E-state index contributed by atoms with van der Waals surface area (Å²) in [4.78, 5) is 23.6. The molecule has 0 radical (unpaired) electrons. The maximum Gasteiger partial charge on any atom is 0.308 e. The summed E-state index contributed by atoms with van der Waals surface area (Å²) in [6, 6.07) is 12.1. The van der Waals surface area contributed by atoms with Gasteiger partial charge in [0.1, 0.15) is 11.6 Å². The fourth-order valence-electron chi connectivity index (χ4n) is 2.13. The first-order valence-electron chi connectivity index (χ1n) is 7.59. The summed E-state index contributed by atoms with van der Waals surface area (Å²) in [7, 11) is 1.42. The molecule has 0 bridgehead atoms. The van der Waals surface area contributed by atoms with Crippen LogP contribution in [0.15, 0.2) is 50.9 Å². The first-order chi connectivity index (χ1) is 12.8. The highest BCUT2D eigenvalue weighted by Gasteiger charge is 2.15. The Labute approximate surface area is 173 Å². The number of anilines is 1. The van der Waals surface area contributed by atoms with E-state index in [2.05, 4.69) is 37.2 Å². The molecule has 2 aromatic rings. The number of esters is 1. The normalized spacial score (nSPS) is 10.7. The SMILES string of the molecule is COc1cc(/C=C(\C#N)C(=O)Nc2ccccc2Br)cc(Br)c1OC(C)=O. The van der Waals surface area contributed by atoms with Crippen LogP contribution in [0.4, 0.5) is 5.69 Å². The molecular weight excluding hydrogens is 480 g/mol. The summed E-state index contributed by atoms with van der Waals surface area (Å²) < 4.78 is 11.5. The molecule has 1 amide bonds. The molecule has 27 heavy (non-hydrogen) atoms. The van der Waals surface area contributed by atoms with Crippen LogP contribution in [0, 0.1) is 11.3 Å². The van der Waals surface area contributed by atoms with E-state index in [0.717, 1.165) is 0 Å². The topological polar surface area (TPSA) is 88.4 Å². The Balaban J connectivity index is 2.35. The molecule has 0 heterocycles. The number of hydrogen-bond donors (Lipinski definition) is 1. The van der Waals surface area contributed by atoms with E-state index in [1.54, 1.807) is 30.3 Å². The maximum absolute atomic E-state index is 12.4. The van der Waals surface area contributed by atoms with Crippen LogP contribution in [-0.4, -0.2) is 19.0 Å². The van der Waals surface area contributed by atoms with Crippen molar-refractivity contribution in [3.63, 3.8) is 0 Å². The van der Waals surface area contributed by atoms with Gasteiger partial charge in [-0.2, -0.15) is 5.26 Å². The summed E-state index contributed by atoms with van der Waals surface area (Å²) in [5.74, 6) is -0.543. The first kappa shape index (κ1) is 20.7. The van der Waals surface area contributed by atoms with Gasteiger partial charge in [0.2, 0.25) is 0 Å². The number of amides is 1. The number of nitrogens with zero attached hydrogens (tertiary/aromatic N) is 1. The van der Waals surface area contributed by atoms with E-state index >= 15 is 0 Å². The molecule has 0 aromatic heterocycles. The average Bonchev–Trinajstić information content (AvgIpc) is 2.63. The standard InChI is InChI=1S/C19H14Br2N2O4/c1-11(24)27-18-15(21)8-12(9-17(18)26-2)7-13(10-22)19(25)23-16-6-4-3-5-14(16)20/h3-9H,1-2H3,(H,23,25)/b13-7+. The molecule has 1 N–H and O–H groups in total. The Morgan fingerprint density at radius 1 is 1.19 bits per heavy atom. The number of para-hydroxylation sites is 1. The Morgan fingerprint density at radius 2 is 1.89 bits per heavy atom. The number of rotatable bonds is 5. The van der Waals surface area contributed by atoms with Crippen molar-refractivity contribution in [3.05, 3.63) is 56.5 Å². The molecule has 0 spiro atoms. The van der Waals surface area contributed by atoms with Gasteiger partial charge in [-0.3, -0.25) is 9.59 Å². The summed E-state index contributed by atoms with van der Waals surface area (Å²) in [6.07, 6.45) is 1.41. The van der Waals surface area contributed by atoms with E-state index in [9.17, 15) is 14.9 Å². The monoisotopic (exact) mass is 492 g/mol. The van der Waals surface area contributed by atoms with Gasteiger partial charge in [0.05, 0.1) is 17.3 Å². The number of carbonyl (C=O) groups is 2. The van der Waals surface area contributed by atoms with Crippen molar-refractivity contribution >= 4 is 55.5 Å². The van der Waals surface area contributed by atoms with Crippen LogP contribution in [0.3, 0.4) is 0 Å². The van der Waals surface area contributed by atoms with Gasteiger partial charge < -0.3 is 14.8 Å². The molecule has 8 heteroatoms. The number of methoxy groups -OCH3 is 1. The lowest BCUT2D eigenvalue weighted by atomic mass is 10.1. The van der Waals surface area contributed by atoms with Gasteiger partial charge in [0, 0.05) is 11.4 Å². The van der Waals surface area contributed by atoms with Crippen LogP contribution in [0.25, 0.3) is 6.08 Å². The third-order valence-electron chi connectivity index (χ3n) is 3.30. The lowest BCUT2D eigenvalue weighted by Crippen LogP contribution is -2.13. The number of halogens is 2. The molecule has 0 aliphatic rings. The van der Waals surface area contributed by atoms with E-state index in [1.807, 2.05) is 12.1 Å². The molecular formula is C19H14Br2N2O4. The van der Waals surface area contributed by atoms with Crippen LogP contribution in [0.2, 0.25) is 0 Å².